The molecule has 1 saturated carbocycles. The zero-order valence-corrected chi connectivity index (χ0v) is 22.3. The minimum atomic E-state index is -4.55. The first-order chi connectivity index (χ1) is 19.3. The van der Waals surface area contributed by atoms with Gasteiger partial charge in [0.1, 0.15) is 0 Å². The van der Waals surface area contributed by atoms with Crippen LogP contribution in [0.1, 0.15) is 53.0 Å². The fourth-order valence-corrected chi connectivity index (χ4v) is 5.67. The Morgan fingerprint density at radius 1 is 1.05 bits per heavy atom. The van der Waals surface area contributed by atoms with Crippen LogP contribution in [0.5, 0.6) is 0 Å². The van der Waals surface area contributed by atoms with Crippen LogP contribution in [0.2, 0.25) is 5.02 Å². The number of nitrogens with one attached hydrogen (secondary N) is 1. The summed E-state index contributed by atoms with van der Waals surface area (Å²) in [4.78, 5) is 22.4. The van der Waals surface area contributed by atoms with Gasteiger partial charge in [0.2, 0.25) is 0 Å². The zero-order valence-electron chi connectivity index (χ0n) is 20.7. The Kier molecular flexibility index (Phi) is 6.89. The molecule has 11 heteroatoms. The Balaban J connectivity index is 1.52. The van der Waals surface area contributed by atoms with Crippen LogP contribution in [-0.2, 0) is 6.18 Å². The molecule has 0 atom stereocenters. The van der Waals surface area contributed by atoms with Gasteiger partial charge in [-0.05, 0) is 70.9 Å². The fraction of sp³-hybridized carbons (Fsp3) is 0.172. The summed E-state index contributed by atoms with van der Waals surface area (Å²) in [5, 5.41) is 3.59. The van der Waals surface area contributed by atoms with E-state index in [1.54, 1.807) is 17.7 Å². The summed E-state index contributed by atoms with van der Waals surface area (Å²) in [5.74, 6) is -0.256. The highest BCUT2D eigenvalue weighted by Crippen LogP contribution is 2.47. The van der Waals surface area contributed by atoms with Gasteiger partial charge in [-0.15, -0.1) is 11.3 Å². The summed E-state index contributed by atoms with van der Waals surface area (Å²) in [5.41, 5.74) is 6.34. The molecule has 1 aliphatic rings. The highest BCUT2D eigenvalue weighted by molar-refractivity contribution is 7.16. The molecule has 6 nitrogen and oxygen atoms in total. The lowest BCUT2D eigenvalue weighted by Crippen LogP contribution is -2.17. The molecule has 202 valence electrons. The van der Waals surface area contributed by atoms with Gasteiger partial charge in [0.15, 0.2) is 5.82 Å². The maximum atomic E-state index is 13.4. The number of hydrogen-bond acceptors (Lipinski definition) is 6. The first kappa shape index (κ1) is 26.2. The highest BCUT2D eigenvalue weighted by Gasteiger charge is 2.34. The number of pyridine rings is 1. The van der Waals surface area contributed by atoms with Gasteiger partial charge in [0.05, 0.1) is 32.0 Å². The van der Waals surface area contributed by atoms with Crippen molar-refractivity contribution in [1.82, 2.24) is 20.1 Å². The molecule has 0 amide bonds. The molecule has 0 bridgehead atoms. The second-order valence-corrected chi connectivity index (χ2v) is 10.7. The van der Waals surface area contributed by atoms with E-state index < -0.39 is 17.5 Å². The quantitative estimate of drug-likeness (QED) is 0.220. The van der Waals surface area contributed by atoms with Gasteiger partial charge in [-0.1, -0.05) is 59.6 Å². The Hall–Kier alpha value is -4.02. The minimum absolute atomic E-state index is 0.0369. The summed E-state index contributed by atoms with van der Waals surface area (Å²) >= 11 is 8.06. The Bertz CT molecular complexity index is 1820. The van der Waals surface area contributed by atoms with Crippen molar-refractivity contribution in [3.63, 3.8) is 0 Å². The molecule has 0 radical (unpaired) electrons. The average molecular weight is 581 g/mol. The molecule has 0 spiro atoms. The molecule has 40 heavy (non-hydrogen) atoms. The van der Waals surface area contributed by atoms with Crippen LogP contribution in [0.3, 0.4) is 0 Å². The number of nitrogens with zero attached hydrogens (tertiary/aromatic N) is 3. The monoisotopic (exact) mass is 580 g/mol. The number of rotatable bonds is 6. The number of hydrogen-bond donors (Lipinski definition) is 1. The van der Waals surface area contributed by atoms with E-state index in [0.717, 1.165) is 69.6 Å². The van der Waals surface area contributed by atoms with Gasteiger partial charge in [-0.2, -0.15) is 13.2 Å². The molecule has 3 aromatic heterocycles. The lowest BCUT2D eigenvalue weighted by molar-refractivity contribution is -0.137. The molecule has 2 aromatic carbocycles. The van der Waals surface area contributed by atoms with E-state index in [1.807, 2.05) is 42.5 Å². The first-order valence-electron chi connectivity index (χ1n) is 12.4. The van der Waals surface area contributed by atoms with Crippen molar-refractivity contribution in [3.05, 3.63) is 110 Å². The van der Waals surface area contributed by atoms with Crippen LogP contribution in [0.25, 0.3) is 33.5 Å². The molecule has 0 aliphatic heterocycles. The lowest BCUT2D eigenvalue weighted by Gasteiger charge is -2.31. The normalized spacial score (nSPS) is 15.0. The van der Waals surface area contributed by atoms with Crippen LogP contribution in [0.4, 0.5) is 13.2 Å². The molecule has 0 unspecified atom stereocenters. The standard InChI is InChI=1S/C29H20ClF3N4O2S/c30-21-13-20(29(31,32)33)14-34-27(21)26(17-2-1-3-17)25(19-9-10-23-22(12-19)35-15-40-23)18-7-4-16(5-8-18)6-11-24-36-28(38)39-37-24/h4-15,17H,1-3H2,(H,36,37,38)/b11-6?,26-25-. The van der Waals surface area contributed by atoms with Crippen molar-refractivity contribution in [2.24, 2.45) is 5.92 Å². The zero-order chi connectivity index (χ0) is 27.9. The fourth-order valence-electron chi connectivity index (χ4n) is 4.74. The number of benzene rings is 2. The number of halogens is 4. The molecular weight excluding hydrogens is 561 g/mol. The van der Waals surface area contributed by atoms with E-state index in [1.165, 1.54) is 11.3 Å². The highest BCUT2D eigenvalue weighted by atomic mass is 35.5. The number of aromatic nitrogens is 4. The van der Waals surface area contributed by atoms with Crippen LogP contribution < -0.4 is 5.76 Å². The van der Waals surface area contributed by atoms with E-state index in [2.05, 4.69) is 24.6 Å². The summed E-state index contributed by atoms with van der Waals surface area (Å²) in [6, 6.07) is 14.7. The topological polar surface area (TPSA) is 84.7 Å². The van der Waals surface area contributed by atoms with Crippen molar-refractivity contribution >= 4 is 56.5 Å². The molecular formula is C29H20ClF3N4O2S. The van der Waals surface area contributed by atoms with E-state index in [-0.39, 0.29) is 10.9 Å². The third-order valence-corrected chi connectivity index (χ3v) is 8.01. The van der Waals surface area contributed by atoms with Crippen molar-refractivity contribution in [3.8, 4) is 0 Å². The van der Waals surface area contributed by atoms with E-state index in [4.69, 9.17) is 11.6 Å². The Morgan fingerprint density at radius 2 is 1.82 bits per heavy atom. The van der Waals surface area contributed by atoms with Crippen LogP contribution in [0.15, 0.2) is 69.6 Å². The van der Waals surface area contributed by atoms with Crippen LogP contribution in [0, 0.1) is 5.92 Å². The summed E-state index contributed by atoms with van der Waals surface area (Å²) < 4.78 is 45.8. The number of fused-ring (bicyclic) bond motifs is 1. The van der Waals surface area contributed by atoms with Crippen molar-refractivity contribution in [2.75, 3.05) is 0 Å². The molecule has 1 N–H and O–H groups in total. The average Bonchev–Trinajstić information content (AvgIpc) is 3.54. The Morgan fingerprint density at radius 3 is 2.48 bits per heavy atom. The van der Waals surface area contributed by atoms with Gasteiger partial charge < -0.3 is 0 Å². The molecule has 1 aliphatic carbocycles. The largest absolute Gasteiger partial charge is 0.439 e. The van der Waals surface area contributed by atoms with E-state index >= 15 is 0 Å². The van der Waals surface area contributed by atoms with Crippen molar-refractivity contribution < 1.29 is 17.7 Å². The van der Waals surface area contributed by atoms with Crippen molar-refractivity contribution in [1.29, 1.82) is 0 Å². The molecule has 6 rings (SSSR count). The first-order valence-corrected chi connectivity index (χ1v) is 13.7. The summed E-state index contributed by atoms with van der Waals surface area (Å²) in [7, 11) is 0. The smallest absolute Gasteiger partial charge is 0.296 e. The molecule has 3 heterocycles. The maximum Gasteiger partial charge on any atom is 0.439 e. The van der Waals surface area contributed by atoms with Gasteiger partial charge in [0.25, 0.3) is 0 Å². The molecule has 0 saturated heterocycles. The second kappa shape index (κ2) is 10.5. The summed E-state index contributed by atoms with van der Waals surface area (Å²) in [6.45, 7) is 0. The Labute approximate surface area is 234 Å². The van der Waals surface area contributed by atoms with Crippen LogP contribution in [-0.4, -0.2) is 20.1 Å². The second-order valence-electron chi connectivity index (χ2n) is 9.44. The van der Waals surface area contributed by atoms with Gasteiger partial charge in [0, 0.05) is 6.20 Å². The number of aromatic amines is 1. The number of H-pyrrole nitrogens is 1. The molecule has 1 fully saturated rings. The number of thiazole rings is 1. The van der Waals surface area contributed by atoms with E-state index in [9.17, 15) is 18.0 Å². The lowest BCUT2D eigenvalue weighted by atomic mass is 9.74. The number of alkyl halides is 3. The SMILES string of the molecule is O=c1[nH]c(C=Cc2ccc(/C(=C(/c3ncc(C(F)(F)F)cc3Cl)C3CCC3)c3ccc4scnc4c3)cc2)no1. The molecule has 5 aromatic rings. The summed E-state index contributed by atoms with van der Waals surface area (Å²) in [6.07, 6.45) is 2.49. The van der Waals surface area contributed by atoms with E-state index in [0.29, 0.717) is 11.5 Å². The van der Waals surface area contributed by atoms with Gasteiger partial charge >= 0.3 is 11.9 Å². The third-order valence-electron chi connectivity index (χ3n) is 6.92. The van der Waals surface area contributed by atoms with Gasteiger partial charge in [-0.3, -0.25) is 14.5 Å². The maximum absolute atomic E-state index is 13.4. The predicted molar refractivity (Wildman–Crippen MR) is 150 cm³/mol. The number of allylic oxidation sites excluding steroid dienone is 1. The van der Waals surface area contributed by atoms with Gasteiger partial charge in [-0.25, -0.2) is 9.78 Å². The van der Waals surface area contributed by atoms with Crippen LogP contribution >= 0.6 is 22.9 Å². The predicted octanol–water partition coefficient (Wildman–Crippen LogP) is 7.97. The third kappa shape index (κ3) is 5.24. The van der Waals surface area contributed by atoms with Crippen molar-refractivity contribution in [2.45, 2.75) is 25.4 Å². The minimum Gasteiger partial charge on any atom is -0.296 e.